The summed E-state index contributed by atoms with van der Waals surface area (Å²) in [6.45, 7) is 5.05. The minimum Gasteiger partial charge on any atom is -0.310 e. The molecule has 106 valence electrons. The molecule has 0 aliphatic heterocycles. The van der Waals surface area contributed by atoms with Crippen LogP contribution in [0, 0.1) is 17.6 Å². The van der Waals surface area contributed by atoms with Gasteiger partial charge in [0.05, 0.1) is 4.47 Å². The molecule has 0 saturated heterocycles. The number of nitrogens with one attached hydrogen (secondary N) is 1. The molecular formula is C15H20BrF2N. The molecule has 19 heavy (non-hydrogen) atoms. The van der Waals surface area contributed by atoms with E-state index in [9.17, 15) is 8.78 Å². The van der Waals surface area contributed by atoms with Crippen molar-refractivity contribution in [3.05, 3.63) is 33.3 Å². The summed E-state index contributed by atoms with van der Waals surface area (Å²) in [6.07, 6.45) is 3.38. The fraction of sp³-hybridized carbons (Fsp3) is 0.600. The summed E-state index contributed by atoms with van der Waals surface area (Å²) in [5, 5.41) is 3.37. The number of halogens is 3. The Morgan fingerprint density at radius 3 is 2.84 bits per heavy atom. The molecule has 0 bridgehead atoms. The van der Waals surface area contributed by atoms with E-state index < -0.39 is 0 Å². The van der Waals surface area contributed by atoms with E-state index in [1.165, 1.54) is 6.07 Å². The van der Waals surface area contributed by atoms with E-state index in [2.05, 4.69) is 35.1 Å². The minimum absolute atomic E-state index is 0.0838. The molecule has 0 radical (unpaired) electrons. The Balaban J connectivity index is 2.47. The zero-order chi connectivity index (χ0) is 14.0. The predicted molar refractivity (Wildman–Crippen MR) is 77.2 cm³/mol. The molecular weight excluding hydrogens is 312 g/mol. The van der Waals surface area contributed by atoms with Crippen LogP contribution in [0.4, 0.5) is 8.78 Å². The molecule has 2 atom stereocenters. The first-order valence-corrected chi connectivity index (χ1v) is 7.73. The molecule has 0 heterocycles. The van der Waals surface area contributed by atoms with Crippen LogP contribution in [0.15, 0.2) is 10.5 Å². The van der Waals surface area contributed by atoms with Gasteiger partial charge in [0.25, 0.3) is 0 Å². The van der Waals surface area contributed by atoms with Crippen LogP contribution in [0.2, 0.25) is 0 Å². The largest absolute Gasteiger partial charge is 0.310 e. The van der Waals surface area contributed by atoms with Crippen molar-refractivity contribution in [2.45, 2.75) is 45.6 Å². The van der Waals surface area contributed by atoms with Crippen LogP contribution in [-0.4, -0.2) is 6.54 Å². The highest BCUT2D eigenvalue weighted by Crippen LogP contribution is 2.37. The van der Waals surface area contributed by atoms with Crippen molar-refractivity contribution in [3.63, 3.8) is 0 Å². The van der Waals surface area contributed by atoms with Gasteiger partial charge in [-0.1, -0.05) is 13.8 Å². The fourth-order valence-electron chi connectivity index (χ4n) is 2.80. The Kier molecular flexibility index (Phi) is 4.96. The van der Waals surface area contributed by atoms with E-state index in [1.54, 1.807) is 0 Å². The van der Waals surface area contributed by atoms with Gasteiger partial charge in [-0.05, 0) is 65.7 Å². The number of hydrogen-bond acceptors (Lipinski definition) is 1. The molecule has 0 amide bonds. The maximum Gasteiger partial charge on any atom is 0.142 e. The van der Waals surface area contributed by atoms with Crippen molar-refractivity contribution in [1.82, 2.24) is 5.32 Å². The highest BCUT2D eigenvalue weighted by Gasteiger charge is 2.28. The summed E-state index contributed by atoms with van der Waals surface area (Å²) in [7, 11) is 0. The van der Waals surface area contributed by atoms with Crippen LogP contribution in [0.25, 0.3) is 0 Å². The van der Waals surface area contributed by atoms with Gasteiger partial charge in [-0.3, -0.25) is 0 Å². The second-order valence-corrected chi connectivity index (χ2v) is 6.29. The Hall–Kier alpha value is -0.480. The lowest BCUT2D eigenvalue weighted by Crippen LogP contribution is -2.25. The normalized spacial score (nSPS) is 23.0. The second kappa shape index (κ2) is 6.31. The van der Waals surface area contributed by atoms with Crippen LogP contribution in [0.1, 0.15) is 50.3 Å². The van der Waals surface area contributed by atoms with Crippen LogP contribution in [0.3, 0.4) is 0 Å². The molecule has 0 fully saturated rings. The standard InChI is InChI=1S/C15H20BrF2N/c1-3-6-19-13-7-9(2)4-5-10-12(17)8-11(16)15(18)14(10)13/h8-9,13,19H,3-7H2,1-2H3. The first-order chi connectivity index (χ1) is 9.04. The molecule has 0 aromatic heterocycles. The van der Waals surface area contributed by atoms with Crippen LogP contribution < -0.4 is 5.32 Å². The average molecular weight is 332 g/mol. The maximum atomic E-state index is 14.4. The van der Waals surface area contributed by atoms with E-state index in [0.29, 0.717) is 23.5 Å². The number of rotatable bonds is 3. The summed E-state index contributed by atoms with van der Waals surface area (Å²) in [5.74, 6) is -0.126. The smallest absolute Gasteiger partial charge is 0.142 e. The zero-order valence-corrected chi connectivity index (χ0v) is 13.0. The van der Waals surface area contributed by atoms with Crippen LogP contribution in [0.5, 0.6) is 0 Å². The van der Waals surface area contributed by atoms with E-state index in [0.717, 1.165) is 25.8 Å². The van der Waals surface area contributed by atoms with Gasteiger partial charge in [0.1, 0.15) is 11.6 Å². The van der Waals surface area contributed by atoms with Gasteiger partial charge < -0.3 is 5.32 Å². The van der Waals surface area contributed by atoms with E-state index in [4.69, 9.17) is 0 Å². The third kappa shape index (κ3) is 3.16. The van der Waals surface area contributed by atoms with Crippen molar-refractivity contribution in [3.8, 4) is 0 Å². The van der Waals surface area contributed by atoms with Gasteiger partial charge in [0.2, 0.25) is 0 Å². The van der Waals surface area contributed by atoms with Gasteiger partial charge in [-0.25, -0.2) is 8.78 Å². The monoisotopic (exact) mass is 331 g/mol. The lowest BCUT2D eigenvalue weighted by molar-refractivity contribution is 0.400. The average Bonchev–Trinajstić information content (AvgIpc) is 2.53. The predicted octanol–water partition coefficient (Wildman–Crippen LogP) is 4.74. The molecule has 4 heteroatoms. The first-order valence-electron chi connectivity index (χ1n) is 6.94. The highest BCUT2D eigenvalue weighted by atomic mass is 79.9. The first kappa shape index (κ1) is 14.9. The number of fused-ring (bicyclic) bond motifs is 1. The van der Waals surface area contributed by atoms with Gasteiger partial charge in [-0.15, -0.1) is 0 Å². The Morgan fingerprint density at radius 1 is 1.42 bits per heavy atom. The van der Waals surface area contributed by atoms with E-state index in [-0.39, 0.29) is 22.1 Å². The Morgan fingerprint density at radius 2 is 2.16 bits per heavy atom. The highest BCUT2D eigenvalue weighted by molar-refractivity contribution is 9.10. The SMILES string of the molecule is CCCNC1CC(C)CCc2c(F)cc(Br)c(F)c21. The Labute approximate surface area is 121 Å². The van der Waals surface area contributed by atoms with E-state index in [1.807, 2.05) is 0 Å². The van der Waals surface area contributed by atoms with Crippen molar-refractivity contribution < 1.29 is 8.78 Å². The summed E-state index contributed by atoms with van der Waals surface area (Å²) in [4.78, 5) is 0. The van der Waals surface area contributed by atoms with Crippen LogP contribution in [-0.2, 0) is 6.42 Å². The quantitative estimate of drug-likeness (QED) is 0.623. The number of benzene rings is 1. The third-order valence-corrected chi connectivity index (χ3v) is 4.40. The molecule has 2 unspecified atom stereocenters. The van der Waals surface area contributed by atoms with Gasteiger partial charge >= 0.3 is 0 Å². The molecule has 0 saturated carbocycles. The van der Waals surface area contributed by atoms with Gasteiger partial charge in [-0.2, -0.15) is 0 Å². The molecule has 1 aromatic rings. The lowest BCUT2D eigenvalue weighted by atomic mass is 9.96. The topological polar surface area (TPSA) is 12.0 Å². The van der Waals surface area contributed by atoms with Crippen LogP contribution >= 0.6 is 15.9 Å². The maximum absolute atomic E-state index is 14.4. The molecule has 2 rings (SSSR count). The lowest BCUT2D eigenvalue weighted by Gasteiger charge is -2.22. The van der Waals surface area contributed by atoms with Crippen molar-refractivity contribution in [2.24, 2.45) is 5.92 Å². The van der Waals surface area contributed by atoms with E-state index >= 15 is 0 Å². The summed E-state index contributed by atoms with van der Waals surface area (Å²) < 4.78 is 28.7. The Bertz CT molecular complexity index is 462. The molecule has 1 aliphatic carbocycles. The van der Waals surface area contributed by atoms with Gasteiger partial charge in [0, 0.05) is 11.6 Å². The summed E-state index contributed by atoms with van der Waals surface area (Å²) in [5.41, 5.74) is 1.09. The van der Waals surface area contributed by atoms with Crippen molar-refractivity contribution >= 4 is 15.9 Å². The van der Waals surface area contributed by atoms with Crippen molar-refractivity contribution in [2.75, 3.05) is 6.54 Å². The molecule has 1 aromatic carbocycles. The zero-order valence-electron chi connectivity index (χ0n) is 11.4. The molecule has 1 aliphatic rings. The summed E-state index contributed by atoms with van der Waals surface area (Å²) >= 11 is 3.12. The minimum atomic E-state index is -0.306. The van der Waals surface area contributed by atoms with Gasteiger partial charge in [0.15, 0.2) is 0 Å². The molecule has 1 N–H and O–H groups in total. The second-order valence-electron chi connectivity index (χ2n) is 5.43. The fourth-order valence-corrected chi connectivity index (χ4v) is 3.22. The molecule has 1 nitrogen and oxygen atoms in total. The molecule has 0 spiro atoms. The summed E-state index contributed by atoms with van der Waals surface area (Å²) in [6, 6.07) is 1.17. The number of hydrogen-bond donors (Lipinski definition) is 1. The third-order valence-electron chi connectivity index (χ3n) is 3.83. The van der Waals surface area contributed by atoms with Crippen molar-refractivity contribution in [1.29, 1.82) is 0 Å².